The van der Waals surface area contributed by atoms with Crippen LogP contribution in [-0.4, -0.2) is 12.3 Å². The molecule has 0 fully saturated rings. The van der Waals surface area contributed by atoms with E-state index in [9.17, 15) is 9.70 Å². The van der Waals surface area contributed by atoms with Crippen molar-refractivity contribution in [1.82, 2.24) is 0 Å². The van der Waals surface area contributed by atoms with Gasteiger partial charge in [-0.2, -0.15) is 4.91 Å². The minimum atomic E-state index is -0.0290. The Labute approximate surface area is 53.7 Å². The van der Waals surface area contributed by atoms with Crippen LogP contribution in [0.3, 0.4) is 0 Å². The van der Waals surface area contributed by atoms with Gasteiger partial charge in [-0.25, -0.2) is 0 Å². The Kier molecular flexibility index (Phi) is 4.59. The summed E-state index contributed by atoms with van der Waals surface area (Å²) in [6.07, 6.45) is 2.17. The number of carbonyl (C=O) groups excluding carboxylic acids is 1. The first-order valence-corrected chi connectivity index (χ1v) is 2.75. The molecular weight excluding hydrogens is 118 g/mol. The Balaban J connectivity index is 3.16. The van der Waals surface area contributed by atoms with Crippen molar-refractivity contribution >= 4 is 5.78 Å². The predicted molar refractivity (Wildman–Crippen MR) is 35.1 cm³/mol. The lowest BCUT2D eigenvalue weighted by Gasteiger charge is -1.87. The number of nitroso groups, excluding NO2 is 1. The highest BCUT2D eigenvalue weighted by Crippen LogP contribution is 1.90. The van der Waals surface area contributed by atoms with Gasteiger partial charge in [0.2, 0.25) is 0 Å². The van der Waals surface area contributed by atoms with Crippen LogP contribution >= 0.6 is 0 Å². The first kappa shape index (κ1) is 8.01. The molecule has 0 heterocycles. The molecule has 0 rings (SSSR count). The van der Waals surface area contributed by atoms with E-state index in [0.717, 1.165) is 0 Å². The lowest BCUT2D eigenvalue weighted by molar-refractivity contribution is -0.114. The summed E-state index contributed by atoms with van der Waals surface area (Å²) >= 11 is 0. The molecule has 9 heavy (non-hydrogen) atoms. The lowest BCUT2D eigenvalue weighted by atomic mass is 10.2. The zero-order valence-corrected chi connectivity index (χ0v) is 5.17. The minimum absolute atomic E-state index is 0.0290. The first-order chi connectivity index (χ1) is 4.31. The van der Waals surface area contributed by atoms with E-state index in [1.807, 2.05) is 0 Å². The molecule has 0 aromatic carbocycles. The molecule has 0 saturated heterocycles. The van der Waals surface area contributed by atoms with Crippen LogP contribution in [0.25, 0.3) is 0 Å². The van der Waals surface area contributed by atoms with Crippen molar-refractivity contribution < 1.29 is 4.79 Å². The highest BCUT2D eigenvalue weighted by Gasteiger charge is 1.93. The van der Waals surface area contributed by atoms with E-state index in [-0.39, 0.29) is 12.3 Å². The molecule has 0 aliphatic carbocycles. The highest BCUT2D eigenvalue weighted by atomic mass is 16.3. The Bertz CT molecular complexity index is 120. The second kappa shape index (κ2) is 5.15. The second-order valence-corrected chi connectivity index (χ2v) is 1.63. The Morgan fingerprint density at radius 2 is 2.33 bits per heavy atom. The van der Waals surface area contributed by atoms with Crippen LogP contribution in [0.4, 0.5) is 0 Å². The van der Waals surface area contributed by atoms with E-state index < -0.39 is 0 Å². The summed E-state index contributed by atoms with van der Waals surface area (Å²) in [5, 5.41) is 2.61. The van der Waals surface area contributed by atoms with Crippen LogP contribution in [0.2, 0.25) is 0 Å². The molecule has 0 amide bonds. The lowest BCUT2D eigenvalue weighted by Crippen LogP contribution is -1.92. The third-order valence-corrected chi connectivity index (χ3v) is 0.900. The van der Waals surface area contributed by atoms with Gasteiger partial charge < -0.3 is 0 Å². The average Bonchev–Trinajstić information content (AvgIpc) is 1.89. The van der Waals surface area contributed by atoms with Crippen LogP contribution < -0.4 is 0 Å². The van der Waals surface area contributed by atoms with Gasteiger partial charge in [-0.1, -0.05) is 11.8 Å². The zero-order valence-electron chi connectivity index (χ0n) is 5.17. The Morgan fingerprint density at radius 3 is 2.78 bits per heavy atom. The monoisotopic (exact) mass is 127 g/mol. The van der Waals surface area contributed by atoms with Crippen molar-refractivity contribution in [3.63, 3.8) is 0 Å². The summed E-state index contributed by atoms with van der Waals surface area (Å²) in [7, 11) is 0. The highest BCUT2D eigenvalue weighted by molar-refractivity contribution is 5.88. The molecule has 50 valence electrons. The molecule has 0 aromatic heterocycles. The zero-order chi connectivity index (χ0) is 7.11. The van der Waals surface area contributed by atoms with Gasteiger partial charge >= 0.3 is 0 Å². The third kappa shape index (κ3) is 4.87. The van der Waals surface area contributed by atoms with Gasteiger partial charge in [0, 0.05) is 6.42 Å². The van der Waals surface area contributed by atoms with Gasteiger partial charge in [-0.05, 0) is 12.5 Å². The van der Waals surface area contributed by atoms with Crippen LogP contribution in [0, 0.1) is 4.91 Å². The molecule has 0 aromatic rings. The number of nitrogens with zero attached hydrogens (tertiary/aromatic N) is 1. The largest absolute Gasteiger partial charge is 0.295 e. The van der Waals surface area contributed by atoms with Crippen molar-refractivity contribution in [3.05, 3.63) is 17.6 Å². The van der Waals surface area contributed by atoms with Gasteiger partial charge in [0.05, 0.1) is 6.54 Å². The maximum Gasteiger partial charge on any atom is 0.155 e. The summed E-state index contributed by atoms with van der Waals surface area (Å²) in [5.41, 5.74) is 0. The molecule has 0 bridgehead atoms. The summed E-state index contributed by atoms with van der Waals surface area (Å²) in [5.74, 6) is -0.0290. The van der Waals surface area contributed by atoms with Crippen molar-refractivity contribution in [3.8, 4) is 0 Å². The topological polar surface area (TPSA) is 46.5 Å². The maximum absolute atomic E-state index is 10.4. The van der Waals surface area contributed by atoms with Crippen molar-refractivity contribution in [2.75, 3.05) is 6.54 Å². The van der Waals surface area contributed by atoms with Crippen molar-refractivity contribution in [2.24, 2.45) is 5.18 Å². The number of ketones is 1. The standard InChI is InChI=1S/C6H9NO2/c1-2-6(8)4-3-5-7-9/h2H,1,3-5H2. The van der Waals surface area contributed by atoms with Crippen LogP contribution in [-0.2, 0) is 4.79 Å². The molecule has 0 unspecified atom stereocenters. The number of allylic oxidation sites excluding steroid dienone is 1. The fraction of sp³-hybridized carbons (Fsp3) is 0.500. The number of rotatable bonds is 5. The van der Waals surface area contributed by atoms with Gasteiger partial charge in [-0.15, -0.1) is 0 Å². The quantitative estimate of drug-likeness (QED) is 0.317. The fourth-order valence-corrected chi connectivity index (χ4v) is 0.420. The molecular formula is C6H9NO2. The van der Waals surface area contributed by atoms with E-state index in [2.05, 4.69) is 11.8 Å². The molecule has 3 nitrogen and oxygen atoms in total. The van der Waals surface area contributed by atoms with Crippen LogP contribution in [0.15, 0.2) is 17.8 Å². The van der Waals surface area contributed by atoms with Crippen LogP contribution in [0.5, 0.6) is 0 Å². The number of hydrogen-bond acceptors (Lipinski definition) is 3. The molecule has 0 spiro atoms. The van der Waals surface area contributed by atoms with Gasteiger partial charge in [0.15, 0.2) is 5.78 Å². The molecule has 0 saturated carbocycles. The molecule has 3 heteroatoms. The molecule has 0 N–H and O–H groups in total. The van der Waals surface area contributed by atoms with Gasteiger partial charge in [0.1, 0.15) is 0 Å². The number of hydrogen-bond donors (Lipinski definition) is 0. The summed E-state index contributed by atoms with van der Waals surface area (Å²) in [4.78, 5) is 19.9. The molecule has 0 aliphatic heterocycles. The summed E-state index contributed by atoms with van der Waals surface area (Å²) in [6.45, 7) is 3.50. The molecule has 0 aliphatic rings. The third-order valence-electron chi connectivity index (χ3n) is 0.900. The van der Waals surface area contributed by atoms with E-state index >= 15 is 0 Å². The first-order valence-electron chi connectivity index (χ1n) is 2.75. The van der Waals surface area contributed by atoms with E-state index in [0.29, 0.717) is 12.8 Å². The second-order valence-electron chi connectivity index (χ2n) is 1.63. The molecule has 0 radical (unpaired) electrons. The summed E-state index contributed by atoms with van der Waals surface area (Å²) in [6, 6.07) is 0. The van der Waals surface area contributed by atoms with E-state index in [1.54, 1.807) is 0 Å². The number of carbonyl (C=O) groups is 1. The predicted octanol–water partition coefficient (Wildman–Crippen LogP) is 1.29. The van der Waals surface area contributed by atoms with E-state index in [4.69, 9.17) is 0 Å². The van der Waals surface area contributed by atoms with Crippen molar-refractivity contribution in [1.29, 1.82) is 0 Å². The normalized spacial score (nSPS) is 8.44. The Morgan fingerprint density at radius 1 is 1.67 bits per heavy atom. The average molecular weight is 127 g/mol. The molecule has 0 atom stereocenters. The summed E-state index contributed by atoms with van der Waals surface area (Å²) < 4.78 is 0. The van der Waals surface area contributed by atoms with E-state index in [1.165, 1.54) is 6.08 Å². The Hall–Kier alpha value is -0.990. The van der Waals surface area contributed by atoms with Gasteiger partial charge in [-0.3, -0.25) is 4.79 Å². The van der Waals surface area contributed by atoms with Crippen LogP contribution in [0.1, 0.15) is 12.8 Å². The minimum Gasteiger partial charge on any atom is -0.295 e. The SMILES string of the molecule is C=CC(=O)CCCN=O. The smallest absolute Gasteiger partial charge is 0.155 e. The maximum atomic E-state index is 10.4. The fourth-order valence-electron chi connectivity index (χ4n) is 0.420. The van der Waals surface area contributed by atoms with Gasteiger partial charge in [0.25, 0.3) is 0 Å². The van der Waals surface area contributed by atoms with Crippen molar-refractivity contribution in [2.45, 2.75) is 12.8 Å².